The highest BCUT2D eigenvalue weighted by molar-refractivity contribution is 7.89. The van der Waals surface area contributed by atoms with E-state index in [4.69, 9.17) is 11.6 Å². The van der Waals surface area contributed by atoms with Crippen LogP contribution in [0.25, 0.3) is 0 Å². The first-order chi connectivity index (χ1) is 8.84. The van der Waals surface area contributed by atoms with Crippen molar-refractivity contribution in [1.82, 2.24) is 4.31 Å². The van der Waals surface area contributed by atoms with Crippen molar-refractivity contribution in [2.45, 2.75) is 50.9 Å². The zero-order valence-electron chi connectivity index (χ0n) is 11.5. The fraction of sp³-hybridized carbons (Fsp3) is 0.571. The maximum Gasteiger partial charge on any atom is 0.217 e. The Morgan fingerprint density at radius 1 is 1.21 bits per heavy atom. The first kappa shape index (κ1) is 14.8. The number of halogens is 1. The van der Waals surface area contributed by atoms with E-state index in [1.807, 2.05) is 38.1 Å². The maximum absolute atomic E-state index is 12.5. The van der Waals surface area contributed by atoms with Gasteiger partial charge in [-0.15, -0.1) is 0 Å². The molecule has 2 atom stereocenters. The number of sulfonamides is 1. The van der Waals surface area contributed by atoms with Crippen LogP contribution in [-0.2, 0) is 10.0 Å². The van der Waals surface area contributed by atoms with Crippen molar-refractivity contribution in [2.24, 2.45) is 0 Å². The summed E-state index contributed by atoms with van der Waals surface area (Å²) >= 11 is 5.90. The van der Waals surface area contributed by atoms with Gasteiger partial charge in [-0.2, -0.15) is 4.31 Å². The molecule has 19 heavy (non-hydrogen) atoms. The smallest absolute Gasteiger partial charge is 0.212 e. The van der Waals surface area contributed by atoms with E-state index in [-0.39, 0.29) is 17.3 Å². The van der Waals surface area contributed by atoms with Gasteiger partial charge in [-0.05, 0) is 51.3 Å². The molecule has 5 heteroatoms. The van der Waals surface area contributed by atoms with E-state index in [2.05, 4.69) is 0 Å². The molecule has 0 aromatic heterocycles. The molecule has 0 spiro atoms. The average Bonchev–Trinajstić information content (AvgIpc) is 2.33. The number of hydrogen-bond donors (Lipinski definition) is 0. The highest BCUT2D eigenvalue weighted by Gasteiger charge is 2.41. The van der Waals surface area contributed by atoms with Crippen molar-refractivity contribution < 1.29 is 8.42 Å². The van der Waals surface area contributed by atoms with Crippen LogP contribution in [0.15, 0.2) is 24.3 Å². The van der Waals surface area contributed by atoms with Crippen molar-refractivity contribution in [3.8, 4) is 0 Å². The lowest BCUT2D eigenvalue weighted by atomic mass is 10.00. The fourth-order valence-electron chi connectivity index (χ4n) is 2.71. The number of hydrogen-bond acceptors (Lipinski definition) is 2. The van der Waals surface area contributed by atoms with Crippen LogP contribution in [-0.4, -0.2) is 24.0 Å². The Bertz CT molecular complexity index is 539. The van der Waals surface area contributed by atoms with E-state index in [1.54, 1.807) is 11.2 Å². The molecule has 0 saturated carbocycles. The molecule has 0 amide bonds. The normalized spacial score (nSPS) is 27.6. The number of benzene rings is 1. The summed E-state index contributed by atoms with van der Waals surface area (Å²) in [4.78, 5) is 0. The lowest BCUT2D eigenvalue weighted by Gasteiger charge is -2.40. The molecule has 1 aromatic rings. The van der Waals surface area contributed by atoms with Gasteiger partial charge in [0.2, 0.25) is 10.0 Å². The maximum atomic E-state index is 12.5. The molecule has 1 fully saturated rings. The van der Waals surface area contributed by atoms with Gasteiger partial charge >= 0.3 is 0 Å². The molecule has 1 aromatic carbocycles. The number of nitrogens with zero attached hydrogens (tertiary/aromatic N) is 1. The van der Waals surface area contributed by atoms with Crippen LogP contribution in [0.1, 0.15) is 45.2 Å². The molecule has 3 nitrogen and oxygen atoms in total. The van der Waals surface area contributed by atoms with E-state index in [0.29, 0.717) is 11.4 Å². The molecule has 0 N–H and O–H groups in total. The molecule has 106 valence electrons. The molecule has 1 saturated heterocycles. The lowest BCUT2D eigenvalue weighted by molar-refractivity contribution is 0.238. The van der Waals surface area contributed by atoms with Gasteiger partial charge in [0.1, 0.15) is 0 Å². The SMILES string of the molecule is CC(C)N1C(c2ccc(Cl)cc2)CC[C@H](C)S1(=O)=O. The Labute approximate surface area is 120 Å². The third-order valence-electron chi connectivity index (χ3n) is 3.72. The van der Waals surface area contributed by atoms with Crippen molar-refractivity contribution in [1.29, 1.82) is 0 Å². The third-order valence-corrected chi connectivity index (χ3v) is 6.49. The Morgan fingerprint density at radius 2 is 1.79 bits per heavy atom. The molecular formula is C14H20ClNO2S. The van der Waals surface area contributed by atoms with Crippen LogP contribution in [0.5, 0.6) is 0 Å². The fourth-order valence-corrected chi connectivity index (χ4v) is 4.85. The van der Waals surface area contributed by atoms with Crippen molar-refractivity contribution in [3.63, 3.8) is 0 Å². The lowest BCUT2D eigenvalue weighted by Crippen LogP contribution is -2.47. The van der Waals surface area contributed by atoms with E-state index in [0.717, 1.165) is 12.0 Å². The van der Waals surface area contributed by atoms with Gasteiger partial charge in [-0.1, -0.05) is 23.7 Å². The summed E-state index contributed by atoms with van der Waals surface area (Å²) < 4.78 is 26.7. The third kappa shape index (κ3) is 2.81. The first-order valence-corrected chi connectivity index (χ1v) is 8.50. The minimum absolute atomic E-state index is 0.0339. The zero-order valence-corrected chi connectivity index (χ0v) is 13.1. The Hall–Kier alpha value is -0.580. The van der Waals surface area contributed by atoms with Crippen LogP contribution in [0.4, 0.5) is 0 Å². The Balaban J connectivity index is 2.41. The second kappa shape index (κ2) is 5.43. The molecule has 0 aliphatic carbocycles. The summed E-state index contributed by atoms with van der Waals surface area (Å²) in [5, 5.41) is 0.380. The van der Waals surface area contributed by atoms with E-state index >= 15 is 0 Å². The molecule has 0 bridgehead atoms. The van der Waals surface area contributed by atoms with Gasteiger partial charge in [0.05, 0.1) is 11.3 Å². The highest BCUT2D eigenvalue weighted by atomic mass is 35.5. The largest absolute Gasteiger partial charge is 0.217 e. The Morgan fingerprint density at radius 3 is 2.32 bits per heavy atom. The van der Waals surface area contributed by atoms with E-state index in [1.165, 1.54) is 0 Å². The van der Waals surface area contributed by atoms with Gasteiger partial charge in [-0.25, -0.2) is 8.42 Å². The van der Waals surface area contributed by atoms with Gasteiger partial charge in [-0.3, -0.25) is 0 Å². The average molecular weight is 302 g/mol. The standard InChI is InChI=1S/C14H20ClNO2S/c1-10(2)16-14(9-4-11(3)19(16,17)18)12-5-7-13(15)8-6-12/h5-8,10-11,14H,4,9H2,1-3H3/t11-,14?/m0/s1. The summed E-state index contributed by atoms with van der Waals surface area (Å²) in [5.41, 5.74) is 1.02. The second-order valence-corrected chi connectivity index (χ2v) is 8.12. The van der Waals surface area contributed by atoms with Crippen molar-refractivity contribution in [3.05, 3.63) is 34.9 Å². The first-order valence-electron chi connectivity index (χ1n) is 6.62. The van der Waals surface area contributed by atoms with Crippen LogP contribution in [0, 0.1) is 0 Å². The number of rotatable bonds is 2. The van der Waals surface area contributed by atoms with Crippen LogP contribution >= 0.6 is 11.6 Å². The summed E-state index contributed by atoms with van der Waals surface area (Å²) in [5.74, 6) is 0. The van der Waals surface area contributed by atoms with E-state index in [9.17, 15) is 8.42 Å². The molecule has 1 unspecified atom stereocenters. The van der Waals surface area contributed by atoms with Gasteiger partial charge < -0.3 is 0 Å². The second-order valence-electron chi connectivity index (χ2n) is 5.42. The monoisotopic (exact) mass is 301 g/mol. The minimum atomic E-state index is -3.21. The molecule has 0 radical (unpaired) electrons. The van der Waals surface area contributed by atoms with Gasteiger partial charge in [0.15, 0.2) is 0 Å². The molecule has 1 heterocycles. The highest BCUT2D eigenvalue weighted by Crippen LogP contribution is 2.38. The quantitative estimate of drug-likeness (QED) is 0.837. The summed E-state index contributed by atoms with van der Waals surface area (Å²) in [7, 11) is -3.21. The van der Waals surface area contributed by atoms with Crippen LogP contribution in [0.2, 0.25) is 5.02 Å². The van der Waals surface area contributed by atoms with Gasteiger partial charge in [0.25, 0.3) is 0 Å². The molecule has 1 aliphatic heterocycles. The van der Waals surface area contributed by atoms with Crippen LogP contribution < -0.4 is 0 Å². The molecular weight excluding hydrogens is 282 g/mol. The van der Waals surface area contributed by atoms with E-state index < -0.39 is 10.0 Å². The minimum Gasteiger partial charge on any atom is -0.212 e. The predicted molar refractivity (Wildman–Crippen MR) is 78.8 cm³/mol. The Kier molecular flexibility index (Phi) is 4.23. The molecule has 2 rings (SSSR count). The summed E-state index contributed by atoms with van der Waals surface area (Å²) in [6.07, 6.45) is 1.57. The summed E-state index contributed by atoms with van der Waals surface area (Å²) in [6.45, 7) is 5.65. The van der Waals surface area contributed by atoms with Crippen molar-refractivity contribution >= 4 is 21.6 Å². The van der Waals surface area contributed by atoms with Crippen molar-refractivity contribution in [2.75, 3.05) is 0 Å². The van der Waals surface area contributed by atoms with Gasteiger partial charge in [0, 0.05) is 11.1 Å². The predicted octanol–water partition coefficient (Wildman–Crippen LogP) is 3.60. The zero-order chi connectivity index (χ0) is 14.2. The molecule has 1 aliphatic rings. The summed E-state index contributed by atoms with van der Waals surface area (Å²) in [6, 6.07) is 7.38. The topological polar surface area (TPSA) is 37.4 Å². The van der Waals surface area contributed by atoms with Crippen LogP contribution in [0.3, 0.4) is 0 Å².